The lowest BCUT2D eigenvalue weighted by atomic mass is 10.1. The number of sulfone groups is 1. The van der Waals surface area contributed by atoms with E-state index in [9.17, 15) is 13.2 Å². The first-order valence-corrected chi connectivity index (χ1v) is 8.33. The molecule has 0 bridgehead atoms. The number of amides is 2. The minimum absolute atomic E-state index is 0.0904. The number of fused-ring (bicyclic) bond motifs is 1. The van der Waals surface area contributed by atoms with Crippen molar-refractivity contribution >= 4 is 15.9 Å². The zero-order chi connectivity index (χ0) is 13.2. The quantitative estimate of drug-likeness (QED) is 0.514. The zero-order valence-corrected chi connectivity index (χ0v) is 11.3. The number of unbranched alkanes of at least 4 members (excludes halogenated alkanes) is 3. The normalized spacial score (nSPS) is 29.4. The molecule has 2 aliphatic heterocycles. The Labute approximate surface area is 108 Å². The summed E-state index contributed by atoms with van der Waals surface area (Å²) in [5.41, 5.74) is 5.41. The molecule has 0 aromatic carbocycles. The van der Waals surface area contributed by atoms with Gasteiger partial charge in [0.2, 0.25) is 0 Å². The van der Waals surface area contributed by atoms with E-state index in [-0.39, 0.29) is 29.6 Å². The Morgan fingerprint density at radius 1 is 1.22 bits per heavy atom. The highest BCUT2D eigenvalue weighted by Gasteiger charge is 2.48. The molecule has 0 saturated carbocycles. The van der Waals surface area contributed by atoms with Crippen molar-refractivity contribution in [1.82, 2.24) is 10.2 Å². The summed E-state index contributed by atoms with van der Waals surface area (Å²) in [5, 5.41) is 2.76. The highest BCUT2D eigenvalue weighted by Crippen LogP contribution is 2.24. The molecule has 2 unspecified atom stereocenters. The molecule has 2 aliphatic rings. The minimum atomic E-state index is -2.97. The number of nitrogens with one attached hydrogen (secondary N) is 1. The van der Waals surface area contributed by atoms with Crippen LogP contribution in [0.1, 0.15) is 25.7 Å². The second-order valence-electron chi connectivity index (χ2n) is 5.10. The number of carbonyl (C=O) groups excluding carboxylic acids is 1. The topological polar surface area (TPSA) is 92.5 Å². The predicted molar refractivity (Wildman–Crippen MR) is 69.0 cm³/mol. The van der Waals surface area contributed by atoms with Crippen LogP contribution < -0.4 is 11.1 Å². The fraction of sp³-hybridized carbons (Fsp3) is 0.909. The molecule has 2 amide bonds. The van der Waals surface area contributed by atoms with E-state index in [2.05, 4.69) is 5.32 Å². The van der Waals surface area contributed by atoms with Crippen molar-refractivity contribution in [3.8, 4) is 0 Å². The molecule has 2 heterocycles. The van der Waals surface area contributed by atoms with Crippen molar-refractivity contribution in [1.29, 1.82) is 0 Å². The molecule has 0 radical (unpaired) electrons. The third-order valence-corrected chi connectivity index (χ3v) is 5.36. The fourth-order valence-electron chi connectivity index (χ4n) is 2.71. The maximum atomic E-state index is 11.7. The lowest BCUT2D eigenvalue weighted by Crippen LogP contribution is -2.37. The molecule has 0 aliphatic carbocycles. The summed E-state index contributed by atoms with van der Waals surface area (Å²) >= 11 is 0. The molecule has 18 heavy (non-hydrogen) atoms. The van der Waals surface area contributed by atoms with E-state index in [4.69, 9.17) is 5.73 Å². The van der Waals surface area contributed by atoms with Gasteiger partial charge >= 0.3 is 6.03 Å². The van der Waals surface area contributed by atoms with E-state index in [1.165, 1.54) is 0 Å². The van der Waals surface area contributed by atoms with Gasteiger partial charge in [-0.25, -0.2) is 13.2 Å². The van der Waals surface area contributed by atoms with E-state index in [0.29, 0.717) is 13.1 Å². The number of rotatable bonds is 6. The Bertz CT molecular complexity index is 410. The smallest absolute Gasteiger partial charge is 0.318 e. The summed E-state index contributed by atoms with van der Waals surface area (Å²) in [5.74, 6) is 0.201. The molecule has 0 aromatic rings. The average molecular weight is 275 g/mol. The fourth-order valence-corrected chi connectivity index (χ4v) is 4.63. The van der Waals surface area contributed by atoms with Gasteiger partial charge in [0.25, 0.3) is 0 Å². The molecule has 2 saturated heterocycles. The largest absolute Gasteiger partial charge is 0.332 e. The first-order valence-electron chi connectivity index (χ1n) is 6.51. The van der Waals surface area contributed by atoms with E-state index < -0.39 is 9.84 Å². The molecule has 2 rings (SSSR count). The molecule has 0 spiro atoms. The van der Waals surface area contributed by atoms with E-state index >= 15 is 0 Å². The maximum Gasteiger partial charge on any atom is 0.318 e. The second kappa shape index (κ2) is 5.44. The third-order valence-electron chi connectivity index (χ3n) is 3.65. The van der Waals surface area contributed by atoms with Crippen LogP contribution in [-0.2, 0) is 9.84 Å². The lowest BCUT2D eigenvalue weighted by Gasteiger charge is -2.20. The number of carbonyl (C=O) groups is 1. The summed E-state index contributed by atoms with van der Waals surface area (Å²) < 4.78 is 23.0. The lowest BCUT2D eigenvalue weighted by molar-refractivity contribution is 0.205. The van der Waals surface area contributed by atoms with Crippen LogP contribution >= 0.6 is 0 Å². The third kappa shape index (κ3) is 2.95. The Balaban J connectivity index is 1.82. The van der Waals surface area contributed by atoms with Crippen LogP contribution in [0.25, 0.3) is 0 Å². The Kier molecular flexibility index (Phi) is 4.11. The first-order chi connectivity index (χ1) is 8.53. The summed E-state index contributed by atoms with van der Waals surface area (Å²) in [4.78, 5) is 13.4. The van der Waals surface area contributed by atoms with E-state index in [0.717, 1.165) is 25.7 Å². The number of hydrogen-bond acceptors (Lipinski definition) is 4. The molecule has 2 fully saturated rings. The monoisotopic (exact) mass is 275 g/mol. The van der Waals surface area contributed by atoms with Crippen molar-refractivity contribution < 1.29 is 13.2 Å². The molecule has 0 aromatic heterocycles. The van der Waals surface area contributed by atoms with Crippen LogP contribution in [0.4, 0.5) is 4.79 Å². The van der Waals surface area contributed by atoms with Gasteiger partial charge in [0.05, 0.1) is 23.6 Å². The predicted octanol–water partition coefficient (Wildman–Crippen LogP) is -0.304. The molecule has 3 N–H and O–H groups in total. The van der Waals surface area contributed by atoms with Gasteiger partial charge in [-0.05, 0) is 19.4 Å². The molecular weight excluding hydrogens is 254 g/mol. The average Bonchev–Trinajstić information content (AvgIpc) is 2.71. The van der Waals surface area contributed by atoms with Gasteiger partial charge < -0.3 is 16.0 Å². The van der Waals surface area contributed by atoms with Crippen molar-refractivity contribution in [2.75, 3.05) is 24.6 Å². The number of nitrogens with two attached hydrogens (primary N) is 1. The van der Waals surface area contributed by atoms with Crippen molar-refractivity contribution in [2.24, 2.45) is 5.73 Å². The summed E-state index contributed by atoms with van der Waals surface area (Å²) in [7, 11) is -2.97. The van der Waals surface area contributed by atoms with E-state index in [1.54, 1.807) is 4.90 Å². The van der Waals surface area contributed by atoms with Gasteiger partial charge in [0.15, 0.2) is 9.84 Å². The van der Waals surface area contributed by atoms with Gasteiger partial charge in [-0.15, -0.1) is 0 Å². The number of urea groups is 1. The van der Waals surface area contributed by atoms with Crippen LogP contribution in [0.5, 0.6) is 0 Å². The minimum Gasteiger partial charge on any atom is -0.332 e. The summed E-state index contributed by atoms with van der Waals surface area (Å²) in [6.45, 7) is 1.35. The molecule has 6 nitrogen and oxygen atoms in total. The van der Waals surface area contributed by atoms with Crippen molar-refractivity contribution in [2.45, 2.75) is 37.8 Å². The van der Waals surface area contributed by atoms with Gasteiger partial charge in [-0.3, -0.25) is 0 Å². The van der Waals surface area contributed by atoms with Crippen molar-refractivity contribution in [3.63, 3.8) is 0 Å². The molecule has 104 valence electrons. The summed E-state index contributed by atoms with van der Waals surface area (Å²) in [6, 6.07) is -0.470. The van der Waals surface area contributed by atoms with Gasteiger partial charge in [-0.1, -0.05) is 12.8 Å². The van der Waals surface area contributed by atoms with E-state index in [1.807, 2.05) is 0 Å². The summed E-state index contributed by atoms with van der Waals surface area (Å²) in [6.07, 6.45) is 4.02. The number of nitrogens with zero attached hydrogens (tertiary/aromatic N) is 1. The van der Waals surface area contributed by atoms with Crippen LogP contribution in [0.3, 0.4) is 0 Å². The van der Waals surface area contributed by atoms with Gasteiger partial charge in [-0.2, -0.15) is 0 Å². The molecular formula is C11H21N3O3S. The Morgan fingerprint density at radius 3 is 2.67 bits per heavy atom. The first kappa shape index (κ1) is 13.6. The van der Waals surface area contributed by atoms with Crippen LogP contribution in [0.2, 0.25) is 0 Å². The Morgan fingerprint density at radius 2 is 1.94 bits per heavy atom. The van der Waals surface area contributed by atoms with Crippen LogP contribution in [-0.4, -0.2) is 56.0 Å². The number of hydrogen-bond donors (Lipinski definition) is 2. The highest BCUT2D eigenvalue weighted by atomic mass is 32.2. The molecule has 7 heteroatoms. The standard InChI is InChI=1S/C11H21N3O3S/c12-5-3-1-2-4-6-14-10-8-18(16,17)7-9(10)13-11(14)15/h9-10H,1-8,12H2,(H,13,15). The zero-order valence-electron chi connectivity index (χ0n) is 10.5. The van der Waals surface area contributed by atoms with Gasteiger partial charge in [0.1, 0.15) is 0 Å². The SMILES string of the molecule is NCCCCCCN1C(=O)NC2CS(=O)(=O)CC21. The van der Waals surface area contributed by atoms with Crippen LogP contribution in [0, 0.1) is 0 Å². The Hall–Kier alpha value is -0.820. The molecule has 2 atom stereocenters. The maximum absolute atomic E-state index is 11.7. The highest BCUT2D eigenvalue weighted by molar-refractivity contribution is 7.91. The second-order valence-corrected chi connectivity index (χ2v) is 7.25. The van der Waals surface area contributed by atoms with Crippen LogP contribution in [0.15, 0.2) is 0 Å². The van der Waals surface area contributed by atoms with Crippen molar-refractivity contribution in [3.05, 3.63) is 0 Å². The van der Waals surface area contributed by atoms with Gasteiger partial charge in [0, 0.05) is 6.54 Å².